The van der Waals surface area contributed by atoms with Crippen molar-refractivity contribution in [1.82, 2.24) is 4.98 Å². The minimum atomic E-state index is -0.999. The molecule has 1 heterocycles. The molecule has 0 amide bonds. The van der Waals surface area contributed by atoms with E-state index in [0.29, 0.717) is 36.0 Å². The number of carboxylic acid groups (broad SMARTS) is 1. The van der Waals surface area contributed by atoms with Gasteiger partial charge in [-0.15, -0.1) is 0 Å². The lowest BCUT2D eigenvalue weighted by Gasteiger charge is -2.32. The van der Waals surface area contributed by atoms with Crippen LogP contribution in [0.25, 0.3) is 11.1 Å². The van der Waals surface area contributed by atoms with Crippen molar-refractivity contribution in [2.45, 2.75) is 58.2 Å². The molecule has 0 saturated heterocycles. The second-order valence-corrected chi connectivity index (χ2v) is 11.7. The summed E-state index contributed by atoms with van der Waals surface area (Å²) in [5.41, 5.74) is 1.33. The van der Waals surface area contributed by atoms with E-state index in [-0.39, 0.29) is 40.3 Å². The summed E-state index contributed by atoms with van der Waals surface area (Å²) < 4.78 is 62.5. The highest BCUT2D eigenvalue weighted by Crippen LogP contribution is 2.63. The van der Waals surface area contributed by atoms with Gasteiger partial charge in [-0.05, 0) is 53.0 Å². The molecule has 2 aliphatic rings. The number of carboxylic acids is 1. The van der Waals surface area contributed by atoms with Gasteiger partial charge in [0.2, 0.25) is 5.88 Å². The van der Waals surface area contributed by atoms with Crippen LogP contribution in [-0.2, 0) is 28.0 Å². The molecule has 0 aliphatic heterocycles. The largest absolute Gasteiger partial charge is 0.486 e. The number of carbonyl (C=O) groups is 1. The van der Waals surface area contributed by atoms with Crippen LogP contribution in [0.5, 0.6) is 11.6 Å². The zero-order valence-corrected chi connectivity index (χ0v) is 23.1. The van der Waals surface area contributed by atoms with Gasteiger partial charge in [0.25, 0.3) is 0 Å². The highest BCUT2D eigenvalue weighted by atomic mass is 19.1. The van der Waals surface area contributed by atoms with Gasteiger partial charge in [-0.2, -0.15) is 0 Å². The Bertz CT molecular complexity index is 1480. The van der Waals surface area contributed by atoms with Gasteiger partial charge < -0.3 is 19.3 Å². The summed E-state index contributed by atoms with van der Waals surface area (Å²) in [4.78, 5) is 15.5. The number of pyridine rings is 1. The Morgan fingerprint density at radius 3 is 2.50 bits per heavy atom. The van der Waals surface area contributed by atoms with E-state index in [1.165, 1.54) is 13.2 Å². The van der Waals surface area contributed by atoms with Gasteiger partial charge in [-0.3, -0.25) is 4.79 Å². The number of fused-ring (bicyclic) bond motifs is 2. The molecule has 1 aromatic heterocycles. The number of aromatic nitrogens is 1. The molecule has 3 atom stereocenters. The second-order valence-electron chi connectivity index (χ2n) is 11.7. The summed E-state index contributed by atoms with van der Waals surface area (Å²) in [6, 6.07) is 7.82. The first-order valence-electron chi connectivity index (χ1n) is 13.1. The van der Waals surface area contributed by atoms with Crippen LogP contribution < -0.4 is 9.47 Å². The maximum absolute atomic E-state index is 15.7. The molecule has 0 bridgehead atoms. The summed E-state index contributed by atoms with van der Waals surface area (Å²) in [5.74, 6) is -3.55. The van der Waals surface area contributed by atoms with Gasteiger partial charge in [-0.1, -0.05) is 32.9 Å². The zero-order chi connectivity index (χ0) is 29.0. The molecule has 6 nitrogen and oxygen atoms in total. The minimum absolute atomic E-state index is 0.0967. The van der Waals surface area contributed by atoms with E-state index < -0.39 is 40.9 Å². The normalized spacial score (nSPS) is 20.4. The van der Waals surface area contributed by atoms with Crippen molar-refractivity contribution >= 4 is 5.97 Å². The maximum Gasteiger partial charge on any atom is 0.307 e. The van der Waals surface area contributed by atoms with Crippen LogP contribution in [0.15, 0.2) is 36.5 Å². The molecule has 3 unspecified atom stereocenters. The number of hydrogen-bond acceptors (Lipinski definition) is 5. The Balaban J connectivity index is 1.51. The zero-order valence-electron chi connectivity index (χ0n) is 23.1. The number of aliphatic carboxylic acids is 1. The van der Waals surface area contributed by atoms with E-state index in [1.807, 2.05) is 26.8 Å². The van der Waals surface area contributed by atoms with Crippen LogP contribution in [0.2, 0.25) is 0 Å². The maximum atomic E-state index is 15.7. The van der Waals surface area contributed by atoms with Gasteiger partial charge in [0.15, 0.2) is 11.6 Å². The van der Waals surface area contributed by atoms with Gasteiger partial charge in [0.1, 0.15) is 18.2 Å². The van der Waals surface area contributed by atoms with Crippen molar-refractivity contribution in [3.05, 3.63) is 76.2 Å². The molecule has 2 aromatic carbocycles. The summed E-state index contributed by atoms with van der Waals surface area (Å²) in [6.45, 7) is 5.90. The average Bonchev–Trinajstić information content (AvgIpc) is 3.50. The summed E-state index contributed by atoms with van der Waals surface area (Å²) in [6.07, 6.45) is 1.65. The van der Waals surface area contributed by atoms with E-state index in [0.717, 1.165) is 12.3 Å². The third-order valence-electron chi connectivity index (χ3n) is 8.12. The quantitative estimate of drug-likeness (QED) is 0.330. The molecule has 1 fully saturated rings. The molecular formula is C31H32F3NO5. The van der Waals surface area contributed by atoms with Gasteiger partial charge >= 0.3 is 5.97 Å². The summed E-state index contributed by atoms with van der Waals surface area (Å²) >= 11 is 0. The number of rotatable bonds is 8. The Morgan fingerprint density at radius 2 is 1.88 bits per heavy atom. The predicted molar refractivity (Wildman–Crippen MR) is 142 cm³/mol. The fraction of sp³-hybridized carbons (Fsp3) is 0.419. The van der Waals surface area contributed by atoms with Gasteiger partial charge in [0.05, 0.1) is 25.3 Å². The van der Waals surface area contributed by atoms with Gasteiger partial charge in [-0.25, -0.2) is 18.2 Å². The lowest BCUT2D eigenvalue weighted by Crippen LogP contribution is -2.21. The average molecular weight is 556 g/mol. The molecule has 9 heteroatoms. The Morgan fingerprint density at radius 1 is 1.12 bits per heavy atom. The molecular weight excluding hydrogens is 523 g/mol. The van der Waals surface area contributed by atoms with E-state index in [9.17, 15) is 18.7 Å². The number of benzene rings is 2. The minimum Gasteiger partial charge on any atom is -0.486 e. The Hall–Kier alpha value is -3.59. The molecule has 1 saturated carbocycles. The van der Waals surface area contributed by atoms with Crippen molar-refractivity contribution in [3.63, 3.8) is 0 Å². The van der Waals surface area contributed by atoms with Crippen molar-refractivity contribution in [2.75, 3.05) is 14.2 Å². The first-order chi connectivity index (χ1) is 18.9. The highest BCUT2D eigenvalue weighted by Gasteiger charge is 2.63. The number of halogens is 3. The van der Waals surface area contributed by atoms with Crippen LogP contribution in [0.3, 0.4) is 0 Å². The molecule has 2 aliphatic carbocycles. The molecule has 1 spiro atoms. The standard InChI is InChI=1S/C31H32F3NO5/c1-30(2,3)28(39-5)20-10-16(6-7-17(20)19-11-25(38-4)35-14-23(19)33)15-40-24-12-22(32)18-8-9-31(26(18)27(24)34)13-21(31)29(36)37/h6-7,10-12,14,21,28H,8-9,13,15H2,1-5H3,(H,36,37). The Kier molecular flexibility index (Phi) is 7.06. The van der Waals surface area contributed by atoms with Crippen LogP contribution in [0, 0.1) is 28.8 Å². The van der Waals surface area contributed by atoms with Crippen LogP contribution in [-0.4, -0.2) is 30.3 Å². The second kappa shape index (κ2) is 10.1. The summed E-state index contributed by atoms with van der Waals surface area (Å²) in [7, 11) is 3.03. The van der Waals surface area contributed by atoms with Crippen molar-refractivity contribution in [1.29, 1.82) is 0 Å². The van der Waals surface area contributed by atoms with E-state index >= 15 is 4.39 Å². The number of ether oxygens (including phenoxy) is 3. The van der Waals surface area contributed by atoms with E-state index in [1.54, 1.807) is 19.2 Å². The smallest absolute Gasteiger partial charge is 0.307 e. The van der Waals surface area contributed by atoms with Crippen LogP contribution >= 0.6 is 0 Å². The van der Waals surface area contributed by atoms with E-state index in [2.05, 4.69) is 4.98 Å². The Labute approximate surface area is 231 Å². The lowest BCUT2D eigenvalue weighted by molar-refractivity contribution is -0.139. The fourth-order valence-electron chi connectivity index (χ4n) is 6.17. The molecule has 5 rings (SSSR count). The molecule has 1 N–H and O–H groups in total. The molecule has 0 radical (unpaired) electrons. The number of methoxy groups -OCH3 is 2. The molecule has 212 valence electrons. The van der Waals surface area contributed by atoms with Crippen molar-refractivity contribution in [2.24, 2.45) is 11.3 Å². The van der Waals surface area contributed by atoms with Crippen LogP contribution in [0.4, 0.5) is 13.2 Å². The fourth-order valence-corrected chi connectivity index (χ4v) is 6.17. The van der Waals surface area contributed by atoms with Crippen LogP contribution in [0.1, 0.15) is 62.0 Å². The number of hydrogen-bond donors (Lipinski definition) is 1. The lowest BCUT2D eigenvalue weighted by atomic mass is 9.81. The van der Waals surface area contributed by atoms with Crippen molar-refractivity contribution in [3.8, 4) is 22.8 Å². The third-order valence-corrected chi connectivity index (χ3v) is 8.12. The third kappa shape index (κ3) is 4.70. The van der Waals surface area contributed by atoms with Gasteiger partial charge in [0, 0.05) is 35.8 Å². The SMILES string of the molecule is COc1cc(-c2ccc(COc3cc(F)c4c(c3F)C3(CC4)CC3C(=O)O)cc2C(OC)C(C)(C)C)c(F)cn1. The van der Waals surface area contributed by atoms with Crippen molar-refractivity contribution < 1.29 is 37.3 Å². The highest BCUT2D eigenvalue weighted by molar-refractivity contribution is 5.78. The number of nitrogens with zero attached hydrogens (tertiary/aromatic N) is 1. The van der Waals surface area contributed by atoms with E-state index in [4.69, 9.17) is 14.2 Å². The monoisotopic (exact) mass is 555 g/mol. The molecule has 3 aromatic rings. The first kappa shape index (κ1) is 28.0. The predicted octanol–water partition coefficient (Wildman–Crippen LogP) is 6.78. The molecule has 40 heavy (non-hydrogen) atoms. The topological polar surface area (TPSA) is 77.9 Å². The summed E-state index contributed by atoms with van der Waals surface area (Å²) in [5, 5.41) is 9.49. The first-order valence-corrected chi connectivity index (χ1v) is 13.1.